The predicted octanol–water partition coefficient (Wildman–Crippen LogP) is 4.97. The third-order valence-corrected chi connectivity index (χ3v) is 5.58. The standard InChI is InChI=1S/C20H17F3N4O3S/c1-29-18(28)15-7-8-16(31-15)25-19-24-11-13(20(21,22)23)17(26-19)27-14(9-10-30-27)12-5-3-2-4-6-12/h2-8,11,14H,9-10H2,1H3,(H,24,25,26)/t14-/m0/s1. The van der Waals surface area contributed by atoms with Crippen LogP contribution in [0.3, 0.4) is 0 Å². The predicted molar refractivity (Wildman–Crippen MR) is 108 cm³/mol. The molecule has 1 N–H and O–H groups in total. The zero-order valence-corrected chi connectivity index (χ0v) is 17.0. The van der Waals surface area contributed by atoms with Crippen molar-refractivity contribution in [3.63, 3.8) is 0 Å². The van der Waals surface area contributed by atoms with Gasteiger partial charge in [-0.05, 0) is 17.7 Å². The second-order valence-electron chi connectivity index (χ2n) is 6.58. The Labute approximate surface area is 179 Å². The SMILES string of the molecule is COC(=O)c1ccc(Nc2ncc(C(F)(F)F)c(N3OCC[C@H]3c3ccccc3)n2)s1. The van der Waals surface area contributed by atoms with E-state index >= 15 is 0 Å². The second-order valence-corrected chi connectivity index (χ2v) is 7.67. The fraction of sp³-hybridized carbons (Fsp3) is 0.250. The number of methoxy groups -OCH3 is 1. The Bertz CT molecular complexity index is 1080. The van der Waals surface area contributed by atoms with Gasteiger partial charge >= 0.3 is 12.1 Å². The monoisotopic (exact) mass is 450 g/mol. The van der Waals surface area contributed by atoms with Gasteiger partial charge in [0.2, 0.25) is 5.95 Å². The third kappa shape index (κ3) is 4.47. The Morgan fingerprint density at radius 3 is 2.74 bits per heavy atom. The summed E-state index contributed by atoms with van der Waals surface area (Å²) in [7, 11) is 1.26. The fourth-order valence-corrected chi connectivity index (χ4v) is 4.00. The molecule has 3 heterocycles. The Hall–Kier alpha value is -3.18. The molecular formula is C20H17F3N4O3S. The van der Waals surface area contributed by atoms with Gasteiger partial charge in [-0.2, -0.15) is 18.2 Å². The van der Waals surface area contributed by atoms with E-state index in [1.54, 1.807) is 12.1 Å². The topological polar surface area (TPSA) is 76.6 Å². The molecule has 0 bridgehead atoms. The smallest absolute Gasteiger partial charge is 0.421 e. The molecule has 7 nitrogen and oxygen atoms in total. The van der Waals surface area contributed by atoms with Crippen LogP contribution in [0.15, 0.2) is 48.7 Å². The minimum atomic E-state index is -4.66. The van der Waals surface area contributed by atoms with Gasteiger partial charge in [-0.15, -0.1) is 11.3 Å². The number of hydrogen-bond donors (Lipinski definition) is 1. The molecule has 31 heavy (non-hydrogen) atoms. The molecule has 0 radical (unpaired) electrons. The lowest BCUT2D eigenvalue weighted by Crippen LogP contribution is -2.26. The number of aromatic nitrogens is 2. The van der Waals surface area contributed by atoms with Crippen molar-refractivity contribution in [1.29, 1.82) is 0 Å². The zero-order chi connectivity index (χ0) is 22.0. The molecule has 3 aromatic rings. The van der Waals surface area contributed by atoms with Crippen LogP contribution in [0.4, 0.5) is 29.9 Å². The van der Waals surface area contributed by atoms with Gasteiger partial charge in [0.1, 0.15) is 10.4 Å². The molecule has 4 rings (SSSR count). The number of alkyl halides is 3. The highest BCUT2D eigenvalue weighted by Crippen LogP contribution is 2.41. The van der Waals surface area contributed by atoms with E-state index in [1.165, 1.54) is 12.2 Å². The molecule has 0 saturated carbocycles. The Morgan fingerprint density at radius 1 is 1.26 bits per heavy atom. The van der Waals surface area contributed by atoms with Gasteiger partial charge in [-0.1, -0.05) is 30.3 Å². The highest BCUT2D eigenvalue weighted by atomic mass is 32.1. The number of rotatable bonds is 5. The van der Waals surface area contributed by atoms with Crippen molar-refractivity contribution < 1.29 is 27.5 Å². The van der Waals surface area contributed by atoms with Gasteiger partial charge in [-0.25, -0.2) is 14.8 Å². The van der Waals surface area contributed by atoms with Crippen LogP contribution in [0.25, 0.3) is 0 Å². The minimum Gasteiger partial charge on any atom is -0.465 e. The van der Waals surface area contributed by atoms with Gasteiger partial charge in [0.25, 0.3) is 0 Å². The Balaban J connectivity index is 1.68. The van der Waals surface area contributed by atoms with E-state index in [2.05, 4.69) is 20.0 Å². The molecule has 2 aromatic heterocycles. The molecule has 0 aliphatic carbocycles. The number of thiophene rings is 1. The highest BCUT2D eigenvalue weighted by molar-refractivity contribution is 7.17. The molecule has 0 unspecified atom stereocenters. The first-order chi connectivity index (χ1) is 14.9. The molecule has 0 amide bonds. The van der Waals surface area contributed by atoms with Crippen LogP contribution in [0.5, 0.6) is 0 Å². The summed E-state index contributed by atoms with van der Waals surface area (Å²) in [6, 6.07) is 11.9. The lowest BCUT2D eigenvalue weighted by molar-refractivity contribution is -0.138. The summed E-state index contributed by atoms with van der Waals surface area (Å²) in [6.45, 7) is 0.261. The van der Waals surface area contributed by atoms with Gasteiger partial charge in [0.05, 0.1) is 24.8 Å². The van der Waals surface area contributed by atoms with E-state index in [4.69, 9.17) is 4.84 Å². The first kappa shape index (κ1) is 21.1. The van der Waals surface area contributed by atoms with Crippen LogP contribution >= 0.6 is 11.3 Å². The quantitative estimate of drug-likeness (QED) is 0.550. The molecule has 1 aromatic carbocycles. The summed E-state index contributed by atoms with van der Waals surface area (Å²) in [5.41, 5.74) is -0.176. The molecule has 1 aliphatic rings. The lowest BCUT2D eigenvalue weighted by Gasteiger charge is -2.26. The van der Waals surface area contributed by atoms with Crippen molar-refractivity contribution >= 4 is 34.1 Å². The summed E-state index contributed by atoms with van der Waals surface area (Å²) in [4.78, 5) is 25.4. The van der Waals surface area contributed by atoms with Crippen LogP contribution in [0.2, 0.25) is 0 Å². The maximum Gasteiger partial charge on any atom is 0.421 e. The molecule has 1 aliphatic heterocycles. The summed E-state index contributed by atoms with van der Waals surface area (Å²) in [5, 5.41) is 4.51. The van der Waals surface area contributed by atoms with Crippen molar-refractivity contribution in [3.8, 4) is 0 Å². The number of halogens is 3. The van der Waals surface area contributed by atoms with Gasteiger partial charge in [-0.3, -0.25) is 4.84 Å². The number of hydrogen-bond acceptors (Lipinski definition) is 8. The fourth-order valence-electron chi connectivity index (χ4n) is 3.18. The van der Waals surface area contributed by atoms with E-state index in [-0.39, 0.29) is 18.4 Å². The minimum absolute atomic E-state index is 0.0522. The molecule has 11 heteroatoms. The Morgan fingerprint density at radius 2 is 2.03 bits per heavy atom. The molecular weight excluding hydrogens is 433 g/mol. The molecule has 1 atom stereocenters. The Kier molecular flexibility index (Phi) is 5.79. The molecule has 0 spiro atoms. The second kappa shape index (κ2) is 8.52. The molecule has 1 saturated heterocycles. The molecule has 1 fully saturated rings. The van der Waals surface area contributed by atoms with Crippen LogP contribution < -0.4 is 10.4 Å². The first-order valence-corrected chi connectivity index (χ1v) is 10.0. The van der Waals surface area contributed by atoms with Crippen LogP contribution in [0, 0.1) is 0 Å². The summed E-state index contributed by atoms with van der Waals surface area (Å²) in [6.07, 6.45) is -3.42. The lowest BCUT2D eigenvalue weighted by atomic mass is 10.0. The van der Waals surface area contributed by atoms with Crippen molar-refractivity contribution in [2.75, 3.05) is 24.1 Å². The van der Waals surface area contributed by atoms with E-state index < -0.39 is 23.8 Å². The summed E-state index contributed by atoms with van der Waals surface area (Å²) >= 11 is 1.07. The number of nitrogens with zero attached hydrogens (tertiary/aromatic N) is 3. The summed E-state index contributed by atoms with van der Waals surface area (Å²) < 4.78 is 45.7. The number of nitrogens with one attached hydrogen (secondary N) is 1. The number of ether oxygens (including phenoxy) is 1. The average molecular weight is 450 g/mol. The van der Waals surface area contributed by atoms with E-state index in [0.29, 0.717) is 16.3 Å². The van der Waals surface area contributed by atoms with E-state index in [9.17, 15) is 18.0 Å². The number of anilines is 3. The maximum atomic E-state index is 13.7. The number of carbonyl (C=O) groups is 1. The number of hydroxylamine groups is 1. The number of benzene rings is 1. The average Bonchev–Trinajstić information content (AvgIpc) is 3.43. The van der Waals surface area contributed by atoms with Crippen molar-refractivity contribution in [3.05, 3.63) is 64.7 Å². The number of carbonyl (C=O) groups excluding carboxylic acids is 1. The van der Waals surface area contributed by atoms with Crippen LogP contribution in [-0.4, -0.2) is 29.7 Å². The maximum absolute atomic E-state index is 13.7. The third-order valence-electron chi connectivity index (χ3n) is 4.60. The van der Waals surface area contributed by atoms with Crippen molar-refractivity contribution in [2.24, 2.45) is 0 Å². The number of esters is 1. The van der Waals surface area contributed by atoms with Gasteiger partial charge < -0.3 is 10.1 Å². The van der Waals surface area contributed by atoms with Crippen molar-refractivity contribution in [1.82, 2.24) is 9.97 Å². The van der Waals surface area contributed by atoms with E-state index in [0.717, 1.165) is 23.1 Å². The molecule has 162 valence electrons. The van der Waals surface area contributed by atoms with Crippen molar-refractivity contribution in [2.45, 2.75) is 18.6 Å². The first-order valence-electron chi connectivity index (χ1n) is 9.23. The summed E-state index contributed by atoms with van der Waals surface area (Å²) in [5.74, 6) is -0.937. The van der Waals surface area contributed by atoms with Gasteiger partial charge in [0.15, 0.2) is 5.82 Å². The zero-order valence-electron chi connectivity index (χ0n) is 16.2. The van der Waals surface area contributed by atoms with Gasteiger partial charge in [0, 0.05) is 12.6 Å². The van der Waals surface area contributed by atoms with Crippen LogP contribution in [0.1, 0.15) is 33.3 Å². The highest BCUT2D eigenvalue weighted by Gasteiger charge is 2.40. The van der Waals surface area contributed by atoms with Crippen LogP contribution in [-0.2, 0) is 15.8 Å². The normalized spacial score (nSPS) is 16.4. The van der Waals surface area contributed by atoms with E-state index in [1.807, 2.05) is 30.3 Å². The largest absolute Gasteiger partial charge is 0.465 e.